The number of halogens is 2. The molecular weight excluding hydrogens is 349 g/mol. The lowest BCUT2D eigenvalue weighted by molar-refractivity contribution is 0.627. The Labute approximate surface area is 135 Å². The minimum absolute atomic E-state index is 0.222. The summed E-state index contributed by atoms with van der Waals surface area (Å²) in [6.45, 7) is 3.93. The van der Waals surface area contributed by atoms with Crippen molar-refractivity contribution in [1.82, 2.24) is 4.98 Å². The summed E-state index contributed by atoms with van der Waals surface area (Å²) in [6, 6.07) is 13.0. The summed E-state index contributed by atoms with van der Waals surface area (Å²) in [5.74, 6) is -0.222. The van der Waals surface area contributed by atoms with Crippen molar-refractivity contribution < 1.29 is 4.39 Å². The molecule has 0 amide bonds. The summed E-state index contributed by atoms with van der Waals surface area (Å²) in [5.41, 5.74) is 3.74. The van der Waals surface area contributed by atoms with E-state index in [2.05, 4.69) is 15.9 Å². The molecule has 1 aromatic heterocycles. The van der Waals surface area contributed by atoms with Crippen LogP contribution in [-0.4, -0.2) is 4.98 Å². The van der Waals surface area contributed by atoms with E-state index in [9.17, 15) is 4.39 Å². The molecule has 0 saturated carbocycles. The second-order valence-corrected chi connectivity index (χ2v) is 6.98. The molecule has 0 saturated heterocycles. The first-order valence-electron chi connectivity index (χ1n) is 6.54. The number of aromatic nitrogens is 1. The molecule has 1 heterocycles. The number of aryl methyl sites for hydroxylation is 2. The van der Waals surface area contributed by atoms with Crippen LogP contribution in [0.3, 0.4) is 0 Å². The molecule has 2 aromatic carbocycles. The zero-order chi connectivity index (χ0) is 15.0. The standard InChI is InChI=1S/C17H13BrFNS/c1-10-7-12(9-13(19)8-10)17-20-16(11(2)21-17)14-5-3-4-6-15(14)18/h3-9H,1-2H3. The Morgan fingerprint density at radius 3 is 2.57 bits per heavy atom. The second-order valence-electron chi connectivity index (χ2n) is 4.92. The van der Waals surface area contributed by atoms with Crippen molar-refractivity contribution in [3.8, 4) is 21.8 Å². The average molecular weight is 362 g/mol. The van der Waals surface area contributed by atoms with Gasteiger partial charge >= 0.3 is 0 Å². The van der Waals surface area contributed by atoms with Crippen LogP contribution in [0.2, 0.25) is 0 Å². The molecule has 0 aliphatic rings. The van der Waals surface area contributed by atoms with Crippen LogP contribution in [0.5, 0.6) is 0 Å². The summed E-state index contributed by atoms with van der Waals surface area (Å²) in [6.07, 6.45) is 0. The van der Waals surface area contributed by atoms with Gasteiger partial charge in [0.1, 0.15) is 10.8 Å². The summed E-state index contributed by atoms with van der Waals surface area (Å²) >= 11 is 5.15. The quantitative estimate of drug-likeness (QED) is 0.545. The molecule has 0 bridgehead atoms. The van der Waals surface area contributed by atoms with Gasteiger partial charge in [0.15, 0.2) is 0 Å². The summed E-state index contributed by atoms with van der Waals surface area (Å²) < 4.78 is 14.6. The van der Waals surface area contributed by atoms with E-state index in [4.69, 9.17) is 4.98 Å². The minimum atomic E-state index is -0.222. The molecule has 0 radical (unpaired) electrons. The van der Waals surface area contributed by atoms with Crippen molar-refractivity contribution in [2.24, 2.45) is 0 Å². The van der Waals surface area contributed by atoms with Gasteiger partial charge in [0, 0.05) is 20.5 Å². The Morgan fingerprint density at radius 2 is 1.86 bits per heavy atom. The van der Waals surface area contributed by atoms with E-state index in [-0.39, 0.29) is 5.82 Å². The summed E-state index contributed by atoms with van der Waals surface area (Å²) in [4.78, 5) is 5.84. The van der Waals surface area contributed by atoms with E-state index in [0.717, 1.165) is 36.7 Å². The largest absolute Gasteiger partial charge is 0.236 e. The van der Waals surface area contributed by atoms with Crippen LogP contribution in [0.25, 0.3) is 21.8 Å². The molecular formula is C17H13BrFNS. The van der Waals surface area contributed by atoms with Crippen molar-refractivity contribution in [3.05, 3.63) is 63.2 Å². The predicted molar refractivity (Wildman–Crippen MR) is 90.1 cm³/mol. The van der Waals surface area contributed by atoms with E-state index in [1.54, 1.807) is 11.3 Å². The zero-order valence-corrected chi connectivity index (χ0v) is 14.1. The number of nitrogens with zero attached hydrogens (tertiary/aromatic N) is 1. The molecule has 0 spiro atoms. The average Bonchev–Trinajstić information content (AvgIpc) is 2.80. The molecule has 3 aromatic rings. The van der Waals surface area contributed by atoms with Crippen LogP contribution in [0.4, 0.5) is 4.39 Å². The Morgan fingerprint density at radius 1 is 1.10 bits per heavy atom. The Hall–Kier alpha value is -1.52. The van der Waals surface area contributed by atoms with Crippen LogP contribution in [0, 0.1) is 19.7 Å². The fourth-order valence-electron chi connectivity index (χ4n) is 2.28. The van der Waals surface area contributed by atoms with E-state index in [1.165, 1.54) is 12.1 Å². The second kappa shape index (κ2) is 5.70. The van der Waals surface area contributed by atoms with Gasteiger partial charge in [-0.05, 0) is 43.7 Å². The van der Waals surface area contributed by atoms with Crippen molar-refractivity contribution in [2.45, 2.75) is 13.8 Å². The monoisotopic (exact) mass is 361 g/mol. The molecule has 106 valence electrons. The van der Waals surface area contributed by atoms with Gasteiger partial charge in [0.2, 0.25) is 0 Å². The molecule has 4 heteroatoms. The lowest BCUT2D eigenvalue weighted by atomic mass is 10.1. The summed E-state index contributed by atoms with van der Waals surface area (Å²) in [5, 5.41) is 0.848. The van der Waals surface area contributed by atoms with Gasteiger partial charge in [-0.25, -0.2) is 9.37 Å². The number of benzene rings is 2. The van der Waals surface area contributed by atoms with Gasteiger partial charge < -0.3 is 0 Å². The van der Waals surface area contributed by atoms with Crippen LogP contribution in [0.15, 0.2) is 46.9 Å². The molecule has 21 heavy (non-hydrogen) atoms. The lowest BCUT2D eigenvalue weighted by Crippen LogP contribution is -1.85. The zero-order valence-electron chi connectivity index (χ0n) is 11.7. The first kappa shape index (κ1) is 14.4. The number of hydrogen-bond acceptors (Lipinski definition) is 2. The SMILES string of the molecule is Cc1cc(F)cc(-c2nc(-c3ccccc3Br)c(C)s2)c1. The van der Waals surface area contributed by atoms with Crippen LogP contribution in [-0.2, 0) is 0 Å². The van der Waals surface area contributed by atoms with E-state index >= 15 is 0 Å². The third-order valence-corrected chi connectivity index (χ3v) is 4.93. The summed E-state index contributed by atoms with van der Waals surface area (Å²) in [7, 11) is 0. The smallest absolute Gasteiger partial charge is 0.124 e. The van der Waals surface area contributed by atoms with Gasteiger partial charge in [-0.3, -0.25) is 0 Å². The van der Waals surface area contributed by atoms with Crippen LogP contribution in [0.1, 0.15) is 10.4 Å². The van der Waals surface area contributed by atoms with Gasteiger partial charge in [0.25, 0.3) is 0 Å². The first-order chi connectivity index (χ1) is 10.0. The minimum Gasteiger partial charge on any atom is -0.236 e. The van der Waals surface area contributed by atoms with Gasteiger partial charge in [-0.15, -0.1) is 11.3 Å². The highest BCUT2D eigenvalue weighted by Crippen LogP contribution is 2.36. The first-order valence-corrected chi connectivity index (χ1v) is 8.15. The lowest BCUT2D eigenvalue weighted by Gasteiger charge is -2.02. The number of rotatable bonds is 2. The Bertz CT molecular complexity index is 790. The van der Waals surface area contributed by atoms with Gasteiger partial charge in [-0.2, -0.15) is 0 Å². The van der Waals surface area contributed by atoms with Gasteiger partial charge in [0.05, 0.1) is 5.69 Å². The molecule has 0 atom stereocenters. The Balaban J connectivity index is 2.12. The molecule has 0 fully saturated rings. The highest BCUT2D eigenvalue weighted by molar-refractivity contribution is 9.10. The van der Waals surface area contributed by atoms with Crippen molar-refractivity contribution in [2.75, 3.05) is 0 Å². The normalized spacial score (nSPS) is 10.9. The van der Waals surface area contributed by atoms with Crippen molar-refractivity contribution >= 4 is 27.3 Å². The molecule has 0 aliphatic carbocycles. The maximum Gasteiger partial charge on any atom is 0.124 e. The third-order valence-electron chi connectivity index (χ3n) is 3.21. The maximum absolute atomic E-state index is 13.6. The predicted octanol–water partition coefficient (Wildman–Crippen LogP) is 6.00. The fraction of sp³-hybridized carbons (Fsp3) is 0.118. The van der Waals surface area contributed by atoms with Crippen LogP contribution < -0.4 is 0 Å². The van der Waals surface area contributed by atoms with Crippen molar-refractivity contribution in [1.29, 1.82) is 0 Å². The third kappa shape index (κ3) is 2.92. The molecule has 0 aliphatic heterocycles. The molecule has 1 nitrogen and oxygen atoms in total. The fourth-order valence-corrected chi connectivity index (χ4v) is 3.67. The molecule has 3 rings (SSSR count). The molecule has 0 N–H and O–H groups in total. The highest BCUT2D eigenvalue weighted by atomic mass is 79.9. The van der Waals surface area contributed by atoms with E-state index in [0.29, 0.717) is 0 Å². The Kier molecular flexibility index (Phi) is 3.91. The van der Waals surface area contributed by atoms with Gasteiger partial charge in [-0.1, -0.05) is 34.1 Å². The van der Waals surface area contributed by atoms with E-state index in [1.807, 2.05) is 44.2 Å². The van der Waals surface area contributed by atoms with Crippen molar-refractivity contribution in [3.63, 3.8) is 0 Å². The maximum atomic E-state index is 13.6. The molecule has 0 unspecified atom stereocenters. The number of hydrogen-bond donors (Lipinski definition) is 0. The van der Waals surface area contributed by atoms with Crippen LogP contribution >= 0.6 is 27.3 Å². The van der Waals surface area contributed by atoms with E-state index < -0.39 is 0 Å². The number of thiazole rings is 1. The topological polar surface area (TPSA) is 12.9 Å². The highest BCUT2D eigenvalue weighted by Gasteiger charge is 2.14.